The number of imidazole rings is 1. The van der Waals surface area contributed by atoms with Crippen molar-refractivity contribution in [2.45, 2.75) is 0 Å². The number of carbonyl (C=O) groups is 2. The van der Waals surface area contributed by atoms with E-state index in [-0.39, 0.29) is 5.56 Å². The van der Waals surface area contributed by atoms with Crippen LogP contribution in [0.2, 0.25) is 0 Å². The van der Waals surface area contributed by atoms with Gasteiger partial charge in [-0.1, -0.05) is 24.3 Å². The molecule has 0 aliphatic heterocycles. The number of fused-ring (bicyclic) bond motifs is 1. The van der Waals surface area contributed by atoms with Crippen LogP contribution in [0.15, 0.2) is 73.1 Å². The van der Waals surface area contributed by atoms with Gasteiger partial charge in [0.05, 0.1) is 16.6 Å². The molecule has 4 rings (SSSR count). The fourth-order valence-electron chi connectivity index (χ4n) is 3.01. The molecule has 1 amide bonds. The number of benzene rings is 3. The van der Waals surface area contributed by atoms with Crippen molar-refractivity contribution in [1.82, 2.24) is 9.55 Å². The molecule has 3 aromatic carbocycles. The highest BCUT2D eigenvalue weighted by molar-refractivity contribution is 5.94. The fourth-order valence-corrected chi connectivity index (χ4v) is 3.01. The molecule has 0 unspecified atom stereocenters. The van der Waals surface area contributed by atoms with Crippen molar-refractivity contribution in [3.63, 3.8) is 0 Å². The third-order valence-corrected chi connectivity index (χ3v) is 4.42. The molecule has 0 aliphatic carbocycles. The van der Waals surface area contributed by atoms with Gasteiger partial charge in [0.2, 0.25) is 5.91 Å². The molecule has 3 N–H and O–H groups in total. The molecule has 1 aromatic heterocycles. The minimum absolute atomic E-state index is 0.212. The van der Waals surface area contributed by atoms with Crippen LogP contribution in [-0.4, -0.2) is 26.5 Å². The second kappa shape index (κ2) is 6.42. The van der Waals surface area contributed by atoms with Gasteiger partial charge in [0.15, 0.2) is 0 Å². The quantitative estimate of drug-likeness (QED) is 0.584. The Hall–Kier alpha value is -3.93. The van der Waals surface area contributed by atoms with Crippen molar-refractivity contribution in [1.29, 1.82) is 0 Å². The van der Waals surface area contributed by atoms with Gasteiger partial charge < -0.3 is 10.8 Å². The molecule has 6 heteroatoms. The van der Waals surface area contributed by atoms with Crippen LogP contribution in [0.3, 0.4) is 0 Å². The molecule has 0 atom stereocenters. The summed E-state index contributed by atoms with van der Waals surface area (Å²) in [6.07, 6.45) is 1.67. The average molecular weight is 357 g/mol. The van der Waals surface area contributed by atoms with Crippen LogP contribution in [0.1, 0.15) is 20.7 Å². The first-order chi connectivity index (χ1) is 13.0. The molecule has 0 radical (unpaired) electrons. The van der Waals surface area contributed by atoms with Gasteiger partial charge in [0.25, 0.3) is 0 Å². The summed E-state index contributed by atoms with van der Waals surface area (Å²) in [4.78, 5) is 26.9. The SMILES string of the molecule is NC(=O)c1cccc(-c2ccc(-n3cnc4ccc(C(=O)O)cc43)cc2)c1. The van der Waals surface area contributed by atoms with Gasteiger partial charge >= 0.3 is 5.97 Å². The second-order valence-electron chi connectivity index (χ2n) is 6.12. The second-order valence-corrected chi connectivity index (χ2v) is 6.12. The van der Waals surface area contributed by atoms with Crippen LogP contribution < -0.4 is 5.73 Å². The number of hydrogen-bond acceptors (Lipinski definition) is 3. The van der Waals surface area contributed by atoms with Crippen LogP contribution in [0.25, 0.3) is 27.8 Å². The first-order valence-electron chi connectivity index (χ1n) is 8.24. The summed E-state index contributed by atoms with van der Waals surface area (Å²) in [7, 11) is 0. The molecule has 0 bridgehead atoms. The van der Waals surface area contributed by atoms with Crippen LogP contribution >= 0.6 is 0 Å². The Kier molecular flexibility index (Phi) is 3.93. The standard InChI is InChI=1S/C21H15N3O3/c22-20(25)15-3-1-2-14(10-15)13-4-7-17(8-5-13)24-12-23-18-9-6-16(21(26)27)11-19(18)24/h1-12H,(H2,22,25)(H,26,27). The molecule has 0 saturated carbocycles. The number of nitrogens with two attached hydrogens (primary N) is 1. The van der Waals surface area contributed by atoms with E-state index in [1.54, 1.807) is 36.7 Å². The topological polar surface area (TPSA) is 98.2 Å². The third kappa shape index (κ3) is 3.04. The zero-order chi connectivity index (χ0) is 19.0. The minimum atomic E-state index is -0.977. The van der Waals surface area contributed by atoms with Crippen molar-refractivity contribution in [3.05, 3.63) is 84.2 Å². The lowest BCUT2D eigenvalue weighted by atomic mass is 10.0. The summed E-state index contributed by atoms with van der Waals surface area (Å²) >= 11 is 0. The average Bonchev–Trinajstić information content (AvgIpc) is 3.11. The first-order valence-corrected chi connectivity index (χ1v) is 8.24. The van der Waals surface area contributed by atoms with E-state index in [0.717, 1.165) is 27.8 Å². The molecule has 132 valence electrons. The van der Waals surface area contributed by atoms with E-state index in [2.05, 4.69) is 4.98 Å². The first kappa shape index (κ1) is 16.5. The van der Waals surface area contributed by atoms with E-state index in [0.29, 0.717) is 5.56 Å². The highest BCUT2D eigenvalue weighted by Crippen LogP contribution is 2.24. The van der Waals surface area contributed by atoms with Crippen LogP contribution in [0.4, 0.5) is 0 Å². The summed E-state index contributed by atoms with van der Waals surface area (Å²) in [5.41, 5.74) is 10.1. The monoisotopic (exact) mass is 357 g/mol. The van der Waals surface area contributed by atoms with Gasteiger partial charge in [-0.05, 0) is 53.6 Å². The molecular formula is C21H15N3O3. The van der Waals surface area contributed by atoms with E-state index >= 15 is 0 Å². The van der Waals surface area contributed by atoms with E-state index in [1.807, 2.05) is 34.9 Å². The number of carbonyl (C=O) groups excluding carboxylic acids is 1. The summed E-state index contributed by atoms with van der Waals surface area (Å²) in [5, 5.41) is 9.20. The number of carboxylic acid groups (broad SMARTS) is 1. The smallest absolute Gasteiger partial charge is 0.335 e. The predicted octanol–water partition coefficient (Wildman–Crippen LogP) is 3.49. The maximum atomic E-state index is 11.4. The predicted molar refractivity (Wildman–Crippen MR) is 102 cm³/mol. The number of primary amides is 1. The molecule has 1 heterocycles. The molecule has 0 spiro atoms. The molecule has 6 nitrogen and oxygen atoms in total. The van der Waals surface area contributed by atoms with Gasteiger partial charge in [0.1, 0.15) is 6.33 Å². The summed E-state index contributed by atoms with van der Waals surface area (Å²) < 4.78 is 1.84. The number of hydrogen-bond donors (Lipinski definition) is 2. The van der Waals surface area contributed by atoms with Gasteiger partial charge in [-0.3, -0.25) is 9.36 Å². The maximum Gasteiger partial charge on any atom is 0.335 e. The Labute approximate surface area is 154 Å². The number of amides is 1. The lowest BCUT2D eigenvalue weighted by molar-refractivity contribution is 0.0696. The van der Waals surface area contributed by atoms with E-state index in [1.165, 1.54) is 6.07 Å². The van der Waals surface area contributed by atoms with Crippen molar-refractivity contribution in [2.75, 3.05) is 0 Å². The van der Waals surface area contributed by atoms with Gasteiger partial charge in [-0.25, -0.2) is 9.78 Å². The molecule has 0 aliphatic rings. The lowest BCUT2D eigenvalue weighted by Crippen LogP contribution is -2.10. The Morgan fingerprint density at radius 2 is 1.67 bits per heavy atom. The maximum absolute atomic E-state index is 11.4. The Bertz CT molecular complexity index is 1180. The van der Waals surface area contributed by atoms with E-state index in [9.17, 15) is 14.7 Å². The molecule has 4 aromatic rings. The number of rotatable bonds is 4. The normalized spacial score (nSPS) is 10.8. The van der Waals surface area contributed by atoms with Crippen LogP contribution in [0, 0.1) is 0 Å². The zero-order valence-corrected chi connectivity index (χ0v) is 14.2. The van der Waals surface area contributed by atoms with Gasteiger partial charge in [-0.15, -0.1) is 0 Å². The minimum Gasteiger partial charge on any atom is -0.478 e. The largest absolute Gasteiger partial charge is 0.478 e. The van der Waals surface area contributed by atoms with E-state index < -0.39 is 11.9 Å². The summed E-state index contributed by atoms with van der Waals surface area (Å²) in [6.45, 7) is 0. The van der Waals surface area contributed by atoms with Gasteiger partial charge in [-0.2, -0.15) is 0 Å². The van der Waals surface area contributed by atoms with E-state index in [4.69, 9.17) is 5.73 Å². The van der Waals surface area contributed by atoms with Crippen LogP contribution in [0.5, 0.6) is 0 Å². The van der Waals surface area contributed by atoms with Crippen molar-refractivity contribution >= 4 is 22.9 Å². The number of carboxylic acids is 1. The highest BCUT2D eigenvalue weighted by Gasteiger charge is 2.10. The summed E-state index contributed by atoms with van der Waals surface area (Å²) in [6, 6.07) is 19.7. The highest BCUT2D eigenvalue weighted by atomic mass is 16.4. The van der Waals surface area contributed by atoms with Crippen molar-refractivity contribution < 1.29 is 14.7 Å². The van der Waals surface area contributed by atoms with Gasteiger partial charge in [0, 0.05) is 11.3 Å². The molecule has 0 saturated heterocycles. The number of aromatic carboxylic acids is 1. The number of aromatic nitrogens is 2. The third-order valence-electron chi connectivity index (χ3n) is 4.42. The van der Waals surface area contributed by atoms with Crippen molar-refractivity contribution in [3.8, 4) is 16.8 Å². The number of nitrogens with zero attached hydrogens (tertiary/aromatic N) is 2. The fraction of sp³-hybridized carbons (Fsp3) is 0. The summed E-state index contributed by atoms with van der Waals surface area (Å²) in [5.74, 6) is -1.44. The molecule has 27 heavy (non-hydrogen) atoms. The zero-order valence-electron chi connectivity index (χ0n) is 14.2. The Morgan fingerprint density at radius 3 is 2.37 bits per heavy atom. The Morgan fingerprint density at radius 1 is 0.889 bits per heavy atom. The Balaban J connectivity index is 1.73. The lowest BCUT2D eigenvalue weighted by Gasteiger charge is -2.08. The van der Waals surface area contributed by atoms with Crippen molar-refractivity contribution in [2.24, 2.45) is 5.73 Å². The van der Waals surface area contributed by atoms with Crippen LogP contribution in [-0.2, 0) is 0 Å². The molecular weight excluding hydrogens is 342 g/mol. The molecule has 0 fully saturated rings.